The van der Waals surface area contributed by atoms with Crippen molar-refractivity contribution in [1.29, 1.82) is 0 Å². The SMILES string of the molecule is Cc1cc(Nc2ncnc3cc4c(nc23)N2CCN(C(=O)/C=C/[C@H](C)N(C)C)[C@H](CO4)C2)ccc1Oc1ccn2ccnc2c1. The van der Waals surface area contributed by atoms with E-state index in [0.717, 1.165) is 28.5 Å². The van der Waals surface area contributed by atoms with Crippen LogP contribution in [-0.2, 0) is 4.79 Å². The first-order chi connectivity index (χ1) is 21.8. The van der Waals surface area contributed by atoms with Crippen molar-refractivity contribution in [1.82, 2.24) is 34.1 Å². The van der Waals surface area contributed by atoms with Gasteiger partial charge in [-0.1, -0.05) is 6.08 Å². The van der Waals surface area contributed by atoms with Gasteiger partial charge in [0.2, 0.25) is 5.91 Å². The summed E-state index contributed by atoms with van der Waals surface area (Å²) in [5.41, 5.74) is 3.94. The molecule has 1 amide bonds. The van der Waals surface area contributed by atoms with Gasteiger partial charge in [0.05, 0.1) is 11.6 Å². The first-order valence-electron chi connectivity index (χ1n) is 15.0. The van der Waals surface area contributed by atoms with Crippen LogP contribution in [0.2, 0.25) is 0 Å². The molecule has 0 unspecified atom stereocenters. The molecule has 45 heavy (non-hydrogen) atoms. The number of likely N-dealkylation sites (N-methyl/N-ethyl adjacent to an activating group) is 1. The molecule has 7 rings (SSSR count). The molecule has 6 heterocycles. The Labute approximate surface area is 260 Å². The smallest absolute Gasteiger partial charge is 0.246 e. The number of fused-ring (bicyclic) bond motifs is 6. The lowest BCUT2D eigenvalue weighted by Gasteiger charge is -2.39. The summed E-state index contributed by atoms with van der Waals surface area (Å²) in [6.45, 7) is 6.33. The van der Waals surface area contributed by atoms with Crippen molar-refractivity contribution in [2.45, 2.75) is 25.9 Å². The fourth-order valence-electron chi connectivity index (χ4n) is 5.60. The minimum atomic E-state index is -0.0862. The maximum absolute atomic E-state index is 13.1. The van der Waals surface area contributed by atoms with Crippen molar-refractivity contribution < 1.29 is 14.3 Å². The van der Waals surface area contributed by atoms with E-state index in [0.29, 0.717) is 54.6 Å². The molecule has 1 aromatic carbocycles. The summed E-state index contributed by atoms with van der Waals surface area (Å²) in [5.74, 6) is 3.46. The minimum absolute atomic E-state index is 0.00387. The van der Waals surface area contributed by atoms with Gasteiger partial charge >= 0.3 is 0 Å². The molecule has 0 saturated carbocycles. The molecular weight excluding hydrogens is 570 g/mol. The standard InChI is InChI=1S/C33H35N9O3/c1-21-15-23(6-7-27(21)45-25-9-11-40-12-10-34-29(40)16-25)37-32-31-26(35-20-36-32)17-28-33(38-31)41-13-14-42(24(18-41)19-44-28)30(43)8-5-22(2)39(3)4/h5-12,15-17,20,22,24H,13-14,18-19H2,1-4H3,(H,35,36,37)/b8-5+/t22-,24-/m0/s1. The second-order valence-corrected chi connectivity index (χ2v) is 11.7. The Hall–Kier alpha value is -5.23. The average molecular weight is 606 g/mol. The van der Waals surface area contributed by atoms with Crippen LogP contribution in [0, 0.1) is 6.92 Å². The van der Waals surface area contributed by atoms with Crippen LogP contribution >= 0.6 is 0 Å². The van der Waals surface area contributed by atoms with Gasteiger partial charge in [-0.15, -0.1) is 0 Å². The normalized spacial score (nSPS) is 17.0. The van der Waals surface area contributed by atoms with E-state index in [1.165, 1.54) is 6.33 Å². The van der Waals surface area contributed by atoms with Gasteiger partial charge in [0.15, 0.2) is 17.4 Å². The van der Waals surface area contributed by atoms with Crippen LogP contribution in [0.4, 0.5) is 17.3 Å². The Morgan fingerprint density at radius 3 is 2.87 bits per heavy atom. The summed E-state index contributed by atoms with van der Waals surface area (Å²) in [6, 6.07) is 11.7. The number of rotatable bonds is 7. The zero-order valence-corrected chi connectivity index (χ0v) is 25.7. The first kappa shape index (κ1) is 28.5. The van der Waals surface area contributed by atoms with Crippen molar-refractivity contribution in [3.05, 3.63) is 79.0 Å². The lowest BCUT2D eigenvalue weighted by Crippen LogP contribution is -2.56. The van der Waals surface area contributed by atoms with Crippen molar-refractivity contribution in [3.8, 4) is 17.2 Å². The Bertz CT molecular complexity index is 1920. The summed E-state index contributed by atoms with van der Waals surface area (Å²) in [5, 5.41) is 3.42. The number of benzene rings is 1. The zero-order chi connectivity index (χ0) is 31.1. The van der Waals surface area contributed by atoms with Crippen molar-refractivity contribution in [2.24, 2.45) is 0 Å². The van der Waals surface area contributed by atoms with Crippen molar-refractivity contribution >= 4 is 39.9 Å². The zero-order valence-electron chi connectivity index (χ0n) is 25.7. The van der Waals surface area contributed by atoms with Gasteiger partial charge in [-0.25, -0.2) is 19.9 Å². The maximum atomic E-state index is 13.1. The molecule has 230 valence electrons. The number of nitrogens with one attached hydrogen (secondary N) is 1. The molecule has 1 N–H and O–H groups in total. The minimum Gasteiger partial charge on any atom is -0.487 e. The summed E-state index contributed by atoms with van der Waals surface area (Å²) in [7, 11) is 3.99. The molecule has 1 fully saturated rings. The number of aryl methyl sites for hydroxylation is 1. The number of pyridine rings is 2. The maximum Gasteiger partial charge on any atom is 0.246 e. The van der Waals surface area contributed by atoms with Crippen LogP contribution in [0.25, 0.3) is 16.7 Å². The van der Waals surface area contributed by atoms with Gasteiger partial charge in [-0.05, 0) is 57.8 Å². The van der Waals surface area contributed by atoms with Crippen LogP contribution in [0.3, 0.4) is 0 Å². The third-order valence-electron chi connectivity index (χ3n) is 8.42. The Morgan fingerprint density at radius 2 is 2.02 bits per heavy atom. The fourth-order valence-corrected chi connectivity index (χ4v) is 5.60. The van der Waals surface area contributed by atoms with E-state index < -0.39 is 0 Å². The molecule has 12 nitrogen and oxygen atoms in total. The van der Waals surface area contributed by atoms with Gasteiger partial charge < -0.3 is 33.9 Å². The van der Waals surface area contributed by atoms with Gasteiger partial charge in [0.1, 0.15) is 35.6 Å². The predicted molar refractivity (Wildman–Crippen MR) is 173 cm³/mol. The van der Waals surface area contributed by atoms with Crippen LogP contribution in [-0.4, -0.2) is 92.5 Å². The average Bonchev–Trinajstić information content (AvgIpc) is 3.46. The molecule has 2 atom stereocenters. The topological polar surface area (TPSA) is 113 Å². The number of aromatic nitrogens is 5. The molecule has 2 aliphatic rings. The number of ether oxygens (including phenoxy) is 2. The Kier molecular flexibility index (Phi) is 7.42. The molecule has 0 radical (unpaired) electrons. The monoisotopic (exact) mass is 605 g/mol. The highest BCUT2D eigenvalue weighted by Gasteiger charge is 2.35. The quantitative estimate of drug-likeness (QED) is 0.267. The molecule has 2 bridgehead atoms. The highest BCUT2D eigenvalue weighted by Crippen LogP contribution is 2.36. The lowest BCUT2D eigenvalue weighted by atomic mass is 10.1. The van der Waals surface area contributed by atoms with E-state index in [1.807, 2.05) is 85.2 Å². The van der Waals surface area contributed by atoms with E-state index in [-0.39, 0.29) is 18.0 Å². The number of anilines is 3. The molecule has 0 aliphatic carbocycles. The fraction of sp³-hybridized carbons (Fsp3) is 0.303. The summed E-state index contributed by atoms with van der Waals surface area (Å²) >= 11 is 0. The van der Waals surface area contributed by atoms with Gasteiger partial charge in [0, 0.05) is 68.2 Å². The van der Waals surface area contributed by atoms with Crippen molar-refractivity contribution in [2.75, 3.05) is 50.6 Å². The molecule has 5 aromatic rings. The van der Waals surface area contributed by atoms with E-state index in [4.69, 9.17) is 14.5 Å². The number of carbonyl (C=O) groups excluding carboxylic acids is 1. The molecule has 4 aromatic heterocycles. The summed E-state index contributed by atoms with van der Waals surface area (Å²) in [4.78, 5) is 37.6. The number of amides is 1. The molecule has 1 saturated heterocycles. The molecule has 2 aliphatic heterocycles. The van der Waals surface area contributed by atoms with Crippen LogP contribution < -0.4 is 19.7 Å². The second kappa shape index (κ2) is 11.7. The summed E-state index contributed by atoms with van der Waals surface area (Å²) in [6.07, 6.45) is 10.7. The Morgan fingerprint density at radius 1 is 1.13 bits per heavy atom. The van der Waals surface area contributed by atoms with Crippen LogP contribution in [0.15, 0.2) is 73.5 Å². The van der Waals surface area contributed by atoms with Gasteiger partial charge in [0.25, 0.3) is 0 Å². The largest absolute Gasteiger partial charge is 0.487 e. The highest BCUT2D eigenvalue weighted by molar-refractivity contribution is 5.90. The number of carbonyl (C=O) groups is 1. The Balaban J connectivity index is 1.10. The van der Waals surface area contributed by atoms with Gasteiger partial charge in [-0.3, -0.25) is 4.79 Å². The molecule has 0 spiro atoms. The van der Waals surface area contributed by atoms with E-state index in [2.05, 4.69) is 37.0 Å². The van der Waals surface area contributed by atoms with Crippen LogP contribution in [0.1, 0.15) is 12.5 Å². The number of nitrogens with zero attached hydrogens (tertiary/aromatic N) is 8. The van der Waals surface area contributed by atoms with Crippen molar-refractivity contribution in [3.63, 3.8) is 0 Å². The van der Waals surface area contributed by atoms with Crippen LogP contribution in [0.5, 0.6) is 17.2 Å². The number of hydrogen-bond donors (Lipinski definition) is 1. The number of piperazine rings is 1. The third kappa shape index (κ3) is 5.72. The van der Waals surface area contributed by atoms with Gasteiger partial charge in [-0.2, -0.15) is 0 Å². The first-order valence-corrected chi connectivity index (χ1v) is 15.0. The van der Waals surface area contributed by atoms with E-state index in [1.54, 1.807) is 12.3 Å². The lowest BCUT2D eigenvalue weighted by molar-refractivity contribution is -0.129. The molecular formula is C33H35N9O3. The molecule has 12 heteroatoms. The van der Waals surface area contributed by atoms with E-state index >= 15 is 0 Å². The predicted octanol–water partition coefficient (Wildman–Crippen LogP) is 4.43. The van der Waals surface area contributed by atoms with E-state index in [9.17, 15) is 4.79 Å². The third-order valence-corrected chi connectivity index (χ3v) is 8.42. The number of imidazole rings is 1. The second-order valence-electron chi connectivity index (χ2n) is 11.7. The highest BCUT2D eigenvalue weighted by atomic mass is 16.5. The summed E-state index contributed by atoms with van der Waals surface area (Å²) < 4.78 is 14.3. The number of hydrogen-bond acceptors (Lipinski definition) is 10.